The van der Waals surface area contributed by atoms with Crippen molar-refractivity contribution in [2.75, 3.05) is 25.6 Å². The van der Waals surface area contributed by atoms with Crippen LogP contribution in [0.2, 0.25) is 0 Å². The summed E-state index contributed by atoms with van der Waals surface area (Å²) in [4.78, 5) is 11.5. The summed E-state index contributed by atoms with van der Waals surface area (Å²) < 4.78 is 10.7. The summed E-state index contributed by atoms with van der Waals surface area (Å²) in [7, 11) is 1.64. The molecule has 0 radical (unpaired) electrons. The molecule has 4 N–H and O–H groups in total. The van der Waals surface area contributed by atoms with Gasteiger partial charge in [-0.1, -0.05) is 12.1 Å². The fraction of sp³-hybridized carbons (Fsp3) is 0.381. The predicted octanol–water partition coefficient (Wildman–Crippen LogP) is -0.620. The van der Waals surface area contributed by atoms with Crippen LogP contribution in [0.5, 0.6) is 17.2 Å². The number of amides is 1. The van der Waals surface area contributed by atoms with Gasteiger partial charge in [0, 0.05) is 23.7 Å². The Morgan fingerprint density at radius 3 is 2.62 bits per heavy atom. The molecule has 0 saturated heterocycles. The number of carbonyl (C=O) groups excluding carboxylic acids is 1. The van der Waals surface area contributed by atoms with Crippen molar-refractivity contribution in [3.8, 4) is 17.2 Å². The van der Waals surface area contributed by atoms with Gasteiger partial charge in [0.15, 0.2) is 6.61 Å². The van der Waals surface area contributed by atoms with Crippen molar-refractivity contribution in [2.24, 2.45) is 0 Å². The zero-order chi connectivity index (χ0) is 20.3. The molecule has 1 aliphatic rings. The van der Waals surface area contributed by atoms with Gasteiger partial charge in [-0.05, 0) is 44.0 Å². The van der Waals surface area contributed by atoms with Crippen LogP contribution in [-0.4, -0.2) is 41.9 Å². The molecule has 1 atom stereocenters. The van der Waals surface area contributed by atoms with Gasteiger partial charge in [-0.25, -0.2) is 0 Å². The molecule has 1 heterocycles. The maximum Gasteiger partial charge on any atom is 0.262 e. The molecule has 1 amide bonds. The minimum atomic E-state index is -0.911. The third kappa shape index (κ3) is 5.76. The minimum absolute atomic E-state index is 0. The van der Waals surface area contributed by atoms with E-state index in [0.29, 0.717) is 17.0 Å². The number of phenolic OH excluding ortho intramolecular Hbond substituents is 1. The molecule has 8 heteroatoms. The molecule has 0 saturated carbocycles. The average molecular weight is 422 g/mol. The predicted molar refractivity (Wildman–Crippen MR) is 106 cm³/mol. The van der Waals surface area contributed by atoms with Gasteiger partial charge in [-0.2, -0.15) is 0 Å². The summed E-state index contributed by atoms with van der Waals surface area (Å²) in [6, 6.07) is 10.7. The number of methoxy groups -OCH3 is 1. The molecular weight excluding hydrogens is 396 g/mol. The summed E-state index contributed by atoms with van der Waals surface area (Å²) >= 11 is 0. The van der Waals surface area contributed by atoms with Crippen LogP contribution in [0.25, 0.3) is 0 Å². The molecule has 0 spiro atoms. The van der Waals surface area contributed by atoms with Crippen LogP contribution >= 0.6 is 0 Å². The Balaban J connectivity index is 0.00000300. The summed E-state index contributed by atoms with van der Waals surface area (Å²) in [5.74, 6) is 0.860. The number of anilines is 1. The first kappa shape index (κ1) is 22.8. The Labute approximate surface area is 176 Å². The molecule has 29 heavy (non-hydrogen) atoms. The van der Waals surface area contributed by atoms with E-state index in [1.165, 1.54) is 12.1 Å². The van der Waals surface area contributed by atoms with Gasteiger partial charge in [0.05, 0.1) is 18.9 Å². The fourth-order valence-corrected chi connectivity index (χ4v) is 3.26. The molecule has 1 aliphatic heterocycles. The standard InChI is InChI=1S/C21H26N2O5.ClH/c1-21(2,10-13-4-6-15(27-3)7-5-13)22-11-18(25)16-8-14(24)9-17-20(16)28-12-19(26)23-17;/h4-9,18,22,24-25H,10-12H2,1-3H3,(H,23,26);1H/p-1. The van der Waals surface area contributed by atoms with E-state index >= 15 is 0 Å². The van der Waals surface area contributed by atoms with Crippen LogP contribution in [-0.2, 0) is 11.2 Å². The van der Waals surface area contributed by atoms with Crippen molar-refractivity contribution >= 4 is 11.6 Å². The number of aliphatic hydroxyl groups excluding tert-OH is 1. The van der Waals surface area contributed by atoms with Crippen molar-refractivity contribution in [3.63, 3.8) is 0 Å². The highest BCUT2D eigenvalue weighted by Gasteiger charge is 2.26. The van der Waals surface area contributed by atoms with Crippen LogP contribution in [0, 0.1) is 0 Å². The lowest BCUT2D eigenvalue weighted by Gasteiger charge is -2.29. The van der Waals surface area contributed by atoms with E-state index < -0.39 is 6.10 Å². The van der Waals surface area contributed by atoms with Crippen molar-refractivity contribution < 1.29 is 36.9 Å². The molecular formula is C21H26ClN2O5-. The summed E-state index contributed by atoms with van der Waals surface area (Å²) in [5.41, 5.74) is 1.67. The number of carbonyl (C=O) groups is 1. The molecule has 158 valence electrons. The van der Waals surface area contributed by atoms with Crippen LogP contribution < -0.4 is 32.5 Å². The zero-order valence-electron chi connectivity index (χ0n) is 16.7. The second-order valence-corrected chi connectivity index (χ2v) is 7.55. The highest BCUT2D eigenvalue weighted by atomic mass is 35.5. The number of hydrogen-bond donors (Lipinski definition) is 4. The van der Waals surface area contributed by atoms with Gasteiger partial charge in [0.2, 0.25) is 0 Å². The SMILES string of the molecule is COc1ccc(CC(C)(C)NCC(O)c2cc(O)cc3c2OCC(=O)N3)cc1.[Cl-]. The average Bonchev–Trinajstić information content (AvgIpc) is 2.65. The monoisotopic (exact) mass is 421 g/mol. The van der Waals surface area contributed by atoms with Crippen LogP contribution in [0.15, 0.2) is 36.4 Å². The smallest absolute Gasteiger partial charge is 0.262 e. The second-order valence-electron chi connectivity index (χ2n) is 7.55. The summed E-state index contributed by atoms with van der Waals surface area (Å²) in [6.45, 7) is 4.25. The second kappa shape index (κ2) is 9.35. The maximum absolute atomic E-state index is 11.5. The number of aromatic hydroxyl groups is 1. The molecule has 0 fully saturated rings. The van der Waals surface area contributed by atoms with Gasteiger partial charge in [-0.3, -0.25) is 4.79 Å². The summed E-state index contributed by atoms with van der Waals surface area (Å²) in [5, 5.41) is 26.6. The first-order valence-electron chi connectivity index (χ1n) is 9.13. The highest BCUT2D eigenvalue weighted by Crippen LogP contribution is 2.38. The number of nitrogens with one attached hydrogen (secondary N) is 2. The van der Waals surface area contributed by atoms with Crippen LogP contribution in [0.4, 0.5) is 5.69 Å². The van der Waals surface area contributed by atoms with Crippen LogP contribution in [0.1, 0.15) is 31.1 Å². The Morgan fingerprint density at radius 1 is 1.28 bits per heavy atom. The normalized spacial score (nSPS) is 14.1. The molecule has 2 aromatic carbocycles. The molecule has 0 bridgehead atoms. The third-order valence-corrected chi connectivity index (χ3v) is 4.66. The maximum atomic E-state index is 11.5. The lowest BCUT2D eigenvalue weighted by molar-refractivity contribution is -0.118. The van der Waals surface area contributed by atoms with Crippen molar-refractivity contribution in [2.45, 2.75) is 31.9 Å². The summed E-state index contributed by atoms with van der Waals surface area (Å²) in [6.07, 6.45) is -0.153. The number of ether oxygens (including phenoxy) is 2. The Kier molecular flexibility index (Phi) is 7.35. The molecule has 1 unspecified atom stereocenters. The van der Waals surface area contributed by atoms with E-state index in [1.54, 1.807) is 7.11 Å². The van der Waals surface area contributed by atoms with Crippen molar-refractivity contribution in [1.82, 2.24) is 5.32 Å². The van der Waals surface area contributed by atoms with Gasteiger partial charge < -0.3 is 42.7 Å². The van der Waals surface area contributed by atoms with E-state index in [-0.39, 0.29) is 42.8 Å². The quantitative estimate of drug-likeness (QED) is 0.475. The number of fused-ring (bicyclic) bond motifs is 1. The number of aliphatic hydroxyl groups is 1. The number of benzene rings is 2. The number of hydrogen-bond acceptors (Lipinski definition) is 6. The molecule has 7 nitrogen and oxygen atoms in total. The minimum Gasteiger partial charge on any atom is -1.00 e. The first-order chi connectivity index (χ1) is 13.3. The Morgan fingerprint density at radius 2 is 1.97 bits per heavy atom. The topological polar surface area (TPSA) is 100 Å². The molecule has 3 rings (SSSR count). The number of phenols is 1. The fourth-order valence-electron chi connectivity index (χ4n) is 3.26. The van der Waals surface area contributed by atoms with E-state index in [0.717, 1.165) is 17.7 Å². The largest absolute Gasteiger partial charge is 1.00 e. The zero-order valence-corrected chi connectivity index (χ0v) is 17.4. The van der Waals surface area contributed by atoms with E-state index in [2.05, 4.69) is 24.5 Å². The van der Waals surface area contributed by atoms with E-state index in [1.807, 2.05) is 24.3 Å². The molecule has 2 aromatic rings. The van der Waals surface area contributed by atoms with Crippen molar-refractivity contribution in [3.05, 3.63) is 47.5 Å². The van der Waals surface area contributed by atoms with Crippen molar-refractivity contribution in [1.29, 1.82) is 0 Å². The van der Waals surface area contributed by atoms with E-state index in [9.17, 15) is 15.0 Å². The lowest BCUT2D eigenvalue weighted by Crippen LogP contribution is -3.00. The first-order valence-corrected chi connectivity index (χ1v) is 9.13. The lowest BCUT2D eigenvalue weighted by atomic mass is 9.94. The molecule has 0 aliphatic carbocycles. The van der Waals surface area contributed by atoms with Crippen LogP contribution in [0.3, 0.4) is 0 Å². The van der Waals surface area contributed by atoms with Gasteiger partial charge in [0.25, 0.3) is 5.91 Å². The number of β-amino-alcohol motifs (C(OH)–C–C–N with tert-alkyl or cyclic N) is 1. The Hall–Kier alpha value is -2.48. The van der Waals surface area contributed by atoms with E-state index in [4.69, 9.17) is 9.47 Å². The van der Waals surface area contributed by atoms with Gasteiger partial charge in [-0.15, -0.1) is 0 Å². The number of rotatable bonds is 7. The Bertz CT molecular complexity index is 855. The number of halogens is 1. The highest BCUT2D eigenvalue weighted by molar-refractivity contribution is 5.96. The van der Waals surface area contributed by atoms with Gasteiger partial charge >= 0.3 is 0 Å². The molecule has 0 aromatic heterocycles. The van der Waals surface area contributed by atoms with Gasteiger partial charge in [0.1, 0.15) is 17.2 Å². The third-order valence-electron chi connectivity index (χ3n) is 4.66.